The number of benzene rings is 1. The fourth-order valence-electron chi connectivity index (χ4n) is 1.52. The number of aromatic nitrogens is 1. The van der Waals surface area contributed by atoms with Crippen molar-refractivity contribution in [1.82, 2.24) is 4.98 Å². The number of rotatable bonds is 2. The van der Waals surface area contributed by atoms with Crippen molar-refractivity contribution in [2.45, 2.75) is 6.42 Å². The molecule has 0 radical (unpaired) electrons. The monoisotopic (exact) mass is 254 g/mol. The van der Waals surface area contributed by atoms with Crippen molar-refractivity contribution in [3.63, 3.8) is 0 Å². The van der Waals surface area contributed by atoms with Crippen molar-refractivity contribution in [3.8, 4) is 0 Å². The molecule has 0 amide bonds. The van der Waals surface area contributed by atoms with E-state index in [4.69, 9.17) is 17.3 Å². The maximum absolute atomic E-state index is 13.4. The van der Waals surface area contributed by atoms with Crippen LogP contribution in [0.1, 0.15) is 11.1 Å². The van der Waals surface area contributed by atoms with Gasteiger partial charge in [-0.15, -0.1) is 0 Å². The molecule has 0 aliphatic carbocycles. The Morgan fingerprint density at radius 1 is 1.18 bits per heavy atom. The van der Waals surface area contributed by atoms with Gasteiger partial charge in [0.25, 0.3) is 0 Å². The Hall–Kier alpha value is -1.68. The average molecular weight is 255 g/mol. The molecule has 0 saturated carbocycles. The maximum Gasteiger partial charge on any atom is 0.126 e. The molecule has 2 nitrogen and oxygen atoms in total. The van der Waals surface area contributed by atoms with Crippen LogP contribution in [0.3, 0.4) is 0 Å². The molecule has 0 aliphatic heterocycles. The molecule has 2 N–H and O–H groups in total. The van der Waals surface area contributed by atoms with E-state index in [0.29, 0.717) is 10.6 Å². The second kappa shape index (κ2) is 4.67. The molecular weight excluding hydrogens is 246 g/mol. The topological polar surface area (TPSA) is 38.9 Å². The third-order valence-electron chi connectivity index (χ3n) is 2.36. The van der Waals surface area contributed by atoms with Crippen LogP contribution in [0.2, 0.25) is 5.02 Å². The molecule has 5 heteroatoms. The Labute approximate surface area is 102 Å². The van der Waals surface area contributed by atoms with Gasteiger partial charge in [-0.25, -0.2) is 13.8 Å². The second-order valence-corrected chi connectivity index (χ2v) is 4.05. The molecule has 0 saturated heterocycles. The molecule has 0 fully saturated rings. The highest BCUT2D eigenvalue weighted by atomic mass is 35.5. The van der Waals surface area contributed by atoms with Gasteiger partial charge in [0.2, 0.25) is 0 Å². The third kappa shape index (κ3) is 2.71. The second-order valence-electron chi connectivity index (χ2n) is 3.61. The van der Waals surface area contributed by atoms with Gasteiger partial charge in [-0.05, 0) is 29.8 Å². The van der Waals surface area contributed by atoms with E-state index in [1.807, 2.05) is 0 Å². The fourth-order valence-corrected chi connectivity index (χ4v) is 1.70. The summed E-state index contributed by atoms with van der Waals surface area (Å²) >= 11 is 5.77. The van der Waals surface area contributed by atoms with Crippen molar-refractivity contribution in [2.24, 2.45) is 0 Å². The van der Waals surface area contributed by atoms with Crippen molar-refractivity contribution in [2.75, 3.05) is 5.73 Å². The Kier molecular flexibility index (Phi) is 3.24. The number of nitrogen functional groups attached to an aromatic ring is 1. The number of halogens is 3. The molecule has 0 aliphatic rings. The van der Waals surface area contributed by atoms with Crippen LogP contribution in [-0.4, -0.2) is 4.98 Å². The molecule has 17 heavy (non-hydrogen) atoms. The lowest BCUT2D eigenvalue weighted by Crippen LogP contribution is -2.00. The zero-order chi connectivity index (χ0) is 12.4. The quantitative estimate of drug-likeness (QED) is 0.894. The molecule has 1 aromatic carbocycles. The molecule has 0 spiro atoms. The summed E-state index contributed by atoms with van der Waals surface area (Å²) in [7, 11) is 0. The van der Waals surface area contributed by atoms with Crippen LogP contribution < -0.4 is 5.73 Å². The SMILES string of the molecule is Nc1ncc(Cl)cc1Cc1cc(F)ccc1F. The summed E-state index contributed by atoms with van der Waals surface area (Å²) in [6.07, 6.45) is 1.56. The van der Waals surface area contributed by atoms with Gasteiger partial charge >= 0.3 is 0 Å². The first-order valence-electron chi connectivity index (χ1n) is 4.90. The van der Waals surface area contributed by atoms with Gasteiger partial charge in [-0.2, -0.15) is 0 Å². The van der Waals surface area contributed by atoms with Crippen molar-refractivity contribution >= 4 is 17.4 Å². The summed E-state index contributed by atoms with van der Waals surface area (Å²) < 4.78 is 26.4. The van der Waals surface area contributed by atoms with Crippen LogP contribution in [0.15, 0.2) is 30.5 Å². The van der Waals surface area contributed by atoms with Gasteiger partial charge in [-0.1, -0.05) is 11.6 Å². The lowest BCUT2D eigenvalue weighted by atomic mass is 10.1. The minimum atomic E-state index is -0.491. The first kappa shape index (κ1) is 11.8. The first-order chi connectivity index (χ1) is 8.06. The summed E-state index contributed by atoms with van der Waals surface area (Å²) in [6.45, 7) is 0. The molecule has 0 unspecified atom stereocenters. The predicted molar refractivity (Wildman–Crippen MR) is 62.8 cm³/mol. The minimum absolute atomic E-state index is 0.156. The molecule has 1 aromatic heterocycles. The van der Waals surface area contributed by atoms with E-state index < -0.39 is 11.6 Å². The summed E-state index contributed by atoms with van der Waals surface area (Å²) in [4.78, 5) is 3.86. The average Bonchev–Trinajstić information content (AvgIpc) is 2.28. The van der Waals surface area contributed by atoms with Crippen LogP contribution in [0, 0.1) is 11.6 Å². The van der Waals surface area contributed by atoms with Crippen molar-refractivity contribution in [3.05, 3.63) is 58.2 Å². The van der Waals surface area contributed by atoms with Crippen LogP contribution >= 0.6 is 11.6 Å². The van der Waals surface area contributed by atoms with E-state index in [1.165, 1.54) is 6.20 Å². The predicted octanol–water partition coefficient (Wildman–Crippen LogP) is 3.19. The molecular formula is C12H9ClF2N2. The van der Waals surface area contributed by atoms with Gasteiger partial charge in [0.15, 0.2) is 0 Å². The number of hydrogen-bond acceptors (Lipinski definition) is 2. The Balaban J connectivity index is 2.37. The number of nitrogens with zero attached hydrogens (tertiary/aromatic N) is 1. The maximum atomic E-state index is 13.4. The van der Waals surface area contributed by atoms with Crippen LogP contribution in [0.5, 0.6) is 0 Å². The van der Waals surface area contributed by atoms with E-state index in [1.54, 1.807) is 6.07 Å². The van der Waals surface area contributed by atoms with E-state index in [-0.39, 0.29) is 17.8 Å². The van der Waals surface area contributed by atoms with Crippen molar-refractivity contribution in [1.29, 1.82) is 0 Å². The van der Waals surface area contributed by atoms with Gasteiger partial charge in [-0.3, -0.25) is 0 Å². The highest BCUT2D eigenvalue weighted by molar-refractivity contribution is 6.30. The summed E-state index contributed by atoms with van der Waals surface area (Å²) in [5, 5.41) is 0.408. The molecule has 1 heterocycles. The highest BCUT2D eigenvalue weighted by Crippen LogP contribution is 2.20. The van der Waals surface area contributed by atoms with Crippen LogP contribution in [0.4, 0.5) is 14.6 Å². The smallest absolute Gasteiger partial charge is 0.126 e. The summed E-state index contributed by atoms with van der Waals surface area (Å²) in [5.74, 6) is -0.709. The van der Waals surface area contributed by atoms with Gasteiger partial charge < -0.3 is 5.73 Å². The Bertz CT molecular complexity index is 509. The molecule has 2 rings (SSSR count). The summed E-state index contributed by atoms with van der Waals surface area (Å²) in [6, 6.07) is 4.88. The number of anilines is 1. The number of nitrogens with two attached hydrogens (primary N) is 1. The van der Waals surface area contributed by atoms with Crippen molar-refractivity contribution < 1.29 is 8.78 Å². The summed E-state index contributed by atoms with van der Waals surface area (Å²) in [5.41, 5.74) is 6.43. The molecule has 0 atom stereocenters. The standard InChI is InChI=1S/C12H9ClF2N2/c13-9-4-8(12(16)17-6-9)3-7-5-10(14)1-2-11(7)15/h1-2,4-6H,3H2,(H2,16,17). The normalized spacial score (nSPS) is 10.5. The zero-order valence-corrected chi connectivity index (χ0v) is 9.51. The highest BCUT2D eigenvalue weighted by Gasteiger charge is 2.08. The van der Waals surface area contributed by atoms with Gasteiger partial charge in [0.05, 0.1) is 5.02 Å². The lowest BCUT2D eigenvalue weighted by Gasteiger charge is -2.06. The van der Waals surface area contributed by atoms with E-state index >= 15 is 0 Å². The largest absolute Gasteiger partial charge is 0.383 e. The molecule has 2 aromatic rings. The van der Waals surface area contributed by atoms with Gasteiger partial charge in [0, 0.05) is 18.2 Å². The number of hydrogen-bond donors (Lipinski definition) is 1. The van der Waals surface area contributed by atoms with Gasteiger partial charge in [0.1, 0.15) is 17.5 Å². The molecule has 0 bridgehead atoms. The minimum Gasteiger partial charge on any atom is -0.383 e. The van der Waals surface area contributed by atoms with E-state index in [2.05, 4.69) is 4.98 Å². The fraction of sp³-hybridized carbons (Fsp3) is 0.0833. The number of pyridine rings is 1. The Morgan fingerprint density at radius 2 is 1.94 bits per heavy atom. The zero-order valence-electron chi connectivity index (χ0n) is 8.75. The van der Waals surface area contributed by atoms with E-state index in [0.717, 1.165) is 18.2 Å². The van der Waals surface area contributed by atoms with Crippen LogP contribution in [0.25, 0.3) is 0 Å². The molecule has 88 valence electrons. The van der Waals surface area contributed by atoms with E-state index in [9.17, 15) is 8.78 Å². The lowest BCUT2D eigenvalue weighted by molar-refractivity contribution is 0.588. The van der Waals surface area contributed by atoms with Crippen LogP contribution in [-0.2, 0) is 6.42 Å². The Morgan fingerprint density at radius 3 is 2.71 bits per heavy atom. The third-order valence-corrected chi connectivity index (χ3v) is 2.56. The first-order valence-corrected chi connectivity index (χ1v) is 5.28.